The van der Waals surface area contributed by atoms with Gasteiger partial charge in [0.1, 0.15) is 5.75 Å². The average molecular weight is 264 g/mol. The van der Waals surface area contributed by atoms with Crippen molar-refractivity contribution in [2.45, 2.75) is 19.5 Å². The average Bonchev–Trinajstić information content (AvgIpc) is 2.84. The van der Waals surface area contributed by atoms with Gasteiger partial charge in [0.05, 0.1) is 7.11 Å². The van der Waals surface area contributed by atoms with E-state index in [-0.39, 0.29) is 11.8 Å². The maximum atomic E-state index is 9.39. The third-order valence-electron chi connectivity index (χ3n) is 2.75. The van der Waals surface area contributed by atoms with Crippen LogP contribution in [0.4, 0.5) is 0 Å². The van der Waals surface area contributed by atoms with Gasteiger partial charge < -0.3 is 15.2 Å². The highest BCUT2D eigenvalue weighted by Crippen LogP contribution is 2.25. The summed E-state index contributed by atoms with van der Waals surface area (Å²) in [5.41, 5.74) is 2.10. The Morgan fingerprint density at radius 2 is 2.33 bits per heavy atom. The third-order valence-corrected chi connectivity index (χ3v) is 3.38. The first-order chi connectivity index (χ1) is 8.70. The van der Waals surface area contributed by atoms with E-state index in [4.69, 9.17) is 4.74 Å². The van der Waals surface area contributed by atoms with Crippen molar-refractivity contribution in [3.63, 3.8) is 0 Å². The minimum absolute atomic E-state index is 0.154. The minimum atomic E-state index is 0.154. The first-order valence-corrected chi connectivity index (χ1v) is 6.54. The number of methoxy groups -OCH3 is 1. The molecule has 96 valence electrons. The second-order valence-electron chi connectivity index (χ2n) is 4.05. The summed E-state index contributed by atoms with van der Waals surface area (Å²) in [4.78, 5) is 0. The van der Waals surface area contributed by atoms with Crippen molar-refractivity contribution in [3.8, 4) is 11.6 Å². The standard InChI is InChI=1S/C13H16N2O2S/c1-9(12-8-18-15-13(12)17-2)14-7-10-4-3-5-11(16)6-10/h3-6,8-9,14,16H,7H2,1-2H3. The van der Waals surface area contributed by atoms with Crippen LogP contribution in [0, 0.1) is 0 Å². The van der Waals surface area contributed by atoms with Crippen LogP contribution in [0.5, 0.6) is 11.6 Å². The van der Waals surface area contributed by atoms with E-state index in [1.54, 1.807) is 19.2 Å². The summed E-state index contributed by atoms with van der Waals surface area (Å²) < 4.78 is 9.36. The third kappa shape index (κ3) is 3.00. The molecule has 2 rings (SSSR count). The van der Waals surface area contributed by atoms with E-state index in [9.17, 15) is 5.11 Å². The summed E-state index contributed by atoms with van der Waals surface area (Å²) in [6.07, 6.45) is 0. The molecule has 2 aromatic rings. The molecule has 1 heterocycles. The van der Waals surface area contributed by atoms with E-state index >= 15 is 0 Å². The van der Waals surface area contributed by atoms with Gasteiger partial charge in [-0.25, -0.2) is 0 Å². The van der Waals surface area contributed by atoms with Gasteiger partial charge in [0.15, 0.2) is 0 Å². The zero-order valence-corrected chi connectivity index (χ0v) is 11.2. The zero-order valence-electron chi connectivity index (χ0n) is 10.4. The minimum Gasteiger partial charge on any atom is -0.508 e. The number of aromatic hydroxyl groups is 1. The molecule has 0 amide bonds. The SMILES string of the molecule is COc1nscc1C(C)NCc1cccc(O)c1. The molecule has 18 heavy (non-hydrogen) atoms. The van der Waals surface area contributed by atoms with Crippen LogP contribution in [0.15, 0.2) is 29.6 Å². The molecule has 0 saturated carbocycles. The Kier molecular flexibility index (Phi) is 4.17. The second kappa shape index (κ2) is 5.84. The van der Waals surface area contributed by atoms with Crippen LogP contribution < -0.4 is 10.1 Å². The number of hydrogen-bond donors (Lipinski definition) is 2. The number of ether oxygens (including phenoxy) is 1. The fourth-order valence-electron chi connectivity index (χ4n) is 1.72. The number of phenols is 1. The molecule has 0 aliphatic carbocycles. The highest BCUT2D eigenvalue weighted by Gasteiger charge is 2.13. The molecule has 2 N–H and O–H groups in total. The first kappa shape index (κ1) is 12.9. The van der Waals surface area contributed by atoms with Crippen LogP contribution in [0.25, 0.3) is 0 Å². The normalized spacial score (nSPS) is 12.3. The van der Waals surface area contributed by atoms with Crippen LogP contribution in [0.2, 0.25) is 0 Å². The fraction of sp³-hybridized carbons (Fsp3) is 0.308. The van der Waals surface area contributed by atoms with Crippen LogP contribution in [0.1, 0.15) is 24.1 Å². The van der Waals surface area contributed by atoms with E-state index in [2.05, 4.69) is 16.6 Å². The highest BCUT2D eigenvalue weighted by atomic mass is 32.1. The van der Waals surface area contributed by atoms with Crippen molar-refractivity contribution >= 4 is 11.5 Å². The van der Waals surface area contributed by atoms with E-state index in [0.29, 0.717) is 12.4 Å². The van der Waals surface area contributed by atoms with Gasteiger partial charge in [0.2, 0.25) is 5.88 Å². The maximum absolute atomic E-state index is 9.39. The predicted octanol–water partition coefficient (Wildman–Crippen LogP) is 2.71. The highest BCUT2D eigenvalue weighted by molar-refractivity contribution is 7.03. The molecule has 0 aliphatic heterocycles. The predicted molar refractivity (Wildman–Crippen MR) is 72.0 cm³/mol. The van der Waals surface area contributed by atoms with Crippen molar-refractivity contribution in [2.24, 2.45) is 0 Å². The van der Waals surface area contributed by atoms with Crippen LogP contribution >= 0.6 is 11.5 Å². The van der Waals surface area contributed by atoms with E-state index in [1.807, 2.05) is 17.5 Å². The van der Waals surface area contributed by atoms with Crippen molar-refractivity contribution < 1.29 is 9.84 Å². The van der Waals surface area contributed by atoms with Crippen molar-refractivity contribution in [3.05, 3.63) is 40.8 Å². The van der Waals surface area contributed by atoms with Gasteiger partial charge in [-0.15, -0.1) is 0 Å². The Balaban J connectivity index is 1.98. The summed E-state index contributed by atoms with van der Waals surface area (Å²) >= 11 is 1.39. The lowest BCUT2D eigenvalue weighted by molar-refractivity contribution is 0.390. The molecule has 0 aliphatic rings. The first-order valence-electron chi connectivity index (χ1n) is 5.70. The molecule has 1 aromatic heterocycles. The molecule has 1 unspecified atom stereocenters. The van der Waals surface area contributed by atoms with Gasteiger partial charge in [0.25, 0.3) is 0 Å². The number of rotatable bonds is 5. The fourth-order valence-corrected chi connectivity index (χ4v) is 2.47. The van der Waals surface area contributed by atoms with Crippen LogP contribution in [-0.2, 0) is 6.54 Å². The van der Waals surface area contributed by atoms with Crippen LogP contribution in [-0.4, -0.2) is 16.6 Å². The number of phenolic OH excluding ortho intramolecular Hbond substituents is 1. The lowest BCUT2D eigenvalue weighted by Gasteiger charge is -2.13. The monoisotopic (exact) mass is 264 g/mol. The van der Waals surface area contributed by atoms with E-state index in [1.165, 1.54) is 11.5 Å². The molecular formula is C13H16N2O2S. The Morgan fingerprint density at radius 3 is 3.06 bits per heavy atom. The summed E-state index contributed by atoms with van der Waals surface area (Å²) in [6, 6.07) is 7.38. The van der Waals surface area contributed by atoms with Gasteiger partial charge in [-0.05, 0) is 36.2 Å². The van der Waals surface area contributed by atoms with E-state index < -0.39 is 0 Å². The lowest BCUT2D eigenvalue weighted by atomic mass is 10.1. The molecule has 0 bridgehead atoms. The molecule has 0 spiro atoms. The summed E-state index contributed by atoms with van der Waals surface area (Å²) in [6.45, 7) is 2.75. The maximum Gasteiger partial charge on any atom is 0.229 e. The largest absolute Gasteiger partial charge is 0.508 e. The number of hydrogen-bond acceptors (Lipinski definition) is 5. The molecule has 0 fully saturated rings. The molecule has 0 saturated heterocycles. The number of benzene rings is 1. The second-order valence-corrected chi connectivity index (χ2v) is 4.68. The number of nitrogens with one attached hydrogen (secondary N) is 1. The molecular weight excluding hydrogens is 248 g/mol. The Hall–Kier alpha value is -1.59. The summed E-state index contributed by atoms with van der Waals surface area (Å²) in [7, 11) is 1.63. The van der Waals surface area contributed by atoms with Crippen molar-refractivity contribution in [2.75, 3.05) is 7.11 Å². The lowest BCUT2D eigenvalue weighted by Crippen LogP contribution is -2.18. The van der Waals surface area contributed by atoms with Crippen molar-refractivity contribution in [1.29, 1.82) is 0 Å². The summed E-state index contributed by atoms with van der Waals surface area (Å²) in [5.74, 6) is 0.965. The quantitative estimate of drug-likeness (QED) is 0.872. The van der Waals surface area contributed by atoms with Gasteiger partial charge in [-0.1, -0.05) is 12.1 Å². The Labute approximate surface area is 110 Å². The van der Waals surface area contributed by atoms with E-state index in [0.717, 1.165) is 11.1 Å². The Morgan fingerprint density at radius 1 is 1.50 bits per heavy atom. The molecule has 1 aromatic carbocycles. The molecule has 0 radical (unpaired) electrons. The van der Waals surface area contributed by atoms with Gasteiger partial charge in [-0.2, -0.15) is 4.37 Å². The topological polar surface area (TPSA) is 54.4 Å². The molecule has 1 atom stereocenters. The van der Waals surface area contributed by atoms with Crippen LogP contribution in [0.3, 0.4) is 0 Å². The Bertz CT molecular complexity index is 513. The summed E-state index contributed by atoms with van der Waals surface area (Å²) in [5, 5.41) is 14.8. The molecule has 4 nitrogen and oxygen atoms in total. The zero-order chi connectivity index (χ0) is 13.0. The van der Waals surface area contributed by atoms with Crippen molar-refractivity contribution in [1.82, 2.24) is 9.69 Å². The van der Waals surface area contributed by atoms with Gasteiger partial charge in [-0.3, -0.25) is 0 Å². The smallest absolute Gasteiger partial charge is 0.229 e. The number of nitrogens with zero attached hydrogens (tertiary/aromatic N) is 1. The number of aromatic nitrogens is 1. The molecule has 5 heteroatoms. The van der Waals surface area contributed by atoms with Gasteiger partial charge in [0, 0.05) is 23.5 Å². The van der Waals surface area contributed by atoms with Gasteiger partial charge >= 0.3 is 0 Å².